The van der Waals surface area contributed by atoms with Crippen LogP contribution in [-0.2, 0) is 19.9 Å². The van der Waals surface area contributed by atoms with Crippen LogP contribution in [0.2, 0.25) is 5.02 Å². The second-order valence-corrected chi connectivity index (χ2v) is 23.0. The standard InChI is InChI=1S/C49H56ClF3N8O8S2/c1-48(2)16-12-34(41(29-48)32-4-6-35(50)7-5-32)31-60-22-24-61(25-23-60)37-8-10-40(43(27-37)69-38-26-33-13-18-55-45(33)56-30-38)46(62)58-71(67,68)39-9-11-42(44(28-39)70(65,66)49(51,52)53)54-17-3-19-59-20-14-36(15-21-59)57-47(63)64/h4-11,13,18,26-28,30,36,54,57H,3,12,14-17,19-25,29,31H2,1-2H3,(H,55,56)(H,58,62)(H,63,64). The summed E-state index contributed by atoms with van der Waals surface area (Å²) in [6.07, 6.45) is 6.58. The molecule has 2 fully saturated rings. The van der Waals surface area contributed by atoms with Crippen LogP contribution in [0.15, 0.2) is 101 Å². The van der Waals surface area contributed by atoms with Gasteiger partial charge in [-0.1, -0.05) is 43.2 Å². The predicted octanol–water partition coefficient (Wildman–Crippen LogP) is 8.74. The van der Waals surface area contributed by atoms with Crippen LogP contribution < -0.4 is 25.0 Å². The van der Waals surface area contributed by atoms with E-state index in [1.807, 2.05) is 21.8 Å². The van der Waals surface area contributed by atoms with Gasteiger partial charge in [0.05, 0.1) is 22.3 Å². The van der Waals surface area contributed by atoms with Crippen molar-refractivity contribution in [2.75, 3.05) is 69.1 Å². The fraction of sp³-hybridized carbons (Fsp3) is 0.408. The van der Waals surface area contributed by atoms with Gasteiger partial charge in [0.15, 0.2) is 0 Å². The molecule has 2 aliphatic heterocycles. The van der Waals surface area contributed by atoms with Crippen LogP contribution in [0.1, 0.15) is 68.3 Å². The third-order valence-corrected chi connectivity index (χ3v) is 16.4. The van der Waals surface area contributed by atoms with Crippen molar-refractivity contribution in [3.8, 4) is 11.5 Å². The number of nitrogens with zero attached hydrogens (tertiary/aromatic N) is 4. The molecule has 3 aromatic carbocycles. The van der Waals surface area contributed by atoms with Gasteiger partial charge >= 0.3 is 11.6 Å². The second-order valence-electron chi connectivity index (χ2n) is 18.9. The third kappa shape index (κ3) is 12.4. The van der Waals surface area contributed by atoms with E-state index in [1.165, 1.54) is 29.0 Å². The number of allylic oxidation sites excluding steroid dienone is 1. The number of aromatic nitrogens is 2. The topological polar surface area (TPSA) is 206 Å². The Bertz CT molecular complexity index is 3030. The average molecular weight is 1040 g/mol. The van der Waals surface area contributed by atoms with E-state index >= 15 is 0 Å². The number of piperidine rings is 1. The molecule has 0 bridgehead atoms. The summed E-state index contributed by atoms with van der Waals surface area (Å²) < 4.78 is 104. The molecule has 0 radical (unpaired) electrons. The molecule has 2 saturated heterocycles. The van der Waals surface area contributed by atoms with Gasteiger partial charge in [-0.2, -0.15) is 13.2 Å². The molecular weight excluding hydrogens is 985 g/mol. The van der Waals surface area contributed by atoms with Gasteiger partial charge in [-0.05, 0) is 116 Å². The van der Waals surface area contributed by atoms with Gasteiger partial charge in [0.1, 0.15) is 22.0 Å². The molecule has 3 aliphatic rings. The third-order valence-electron chi connectivity index (χ3n) is 13.3. The molecule has 22 heteroatoms. The van der Waals surface area contributed by atoms with Crippen LogP contribution in [-0.4, -0.2) is 124 Å². The zero-order valence-corrected chi connectivity index (χ0v) is 41.6. The number of likely N-dealkylation sites (tertiary alicyclic amines) is 1. The predicted molar refractivity (Wildman–Crippen MR) is 265 cm³/mol. The highest BCUT2D eigenvalue weighted by Gasteiger charge is 2.48. The minimum atomic E-state index is -6.09. The van der Waals surface area contributed by atoms with E-state index in [1.54, 1.807) is 30.5 Å². The Balaban J connectivity index is 0.990. The number of sulfonamides is 1. The van der Waals surface area contributed by atoms with E-state index in [0.717, 1.165) is 51.0 Å². The van der Waals surface area contributed by atoms with Crippen molar-refractivity contribution >= 4 is 71.4 Å². The number of hydrogen-bond acceptors (Lipinski definition) is 12. The quantitative estimate of drug-likeness (QED) is 0.0587. The molecule has 0 saturated carbocycles. The van der Waals surface area contributed by atoms with Crippen molar-refractivity contribution in [1.82, 2.24) is 29.8 Å². The van der Waals surface area contributed by atoms with E-state index in [2.05, 4.69) is 56.4 Å². The van der Waals surface area contributed by atoms with Gasteiger partial charge in [-0.3, -0.25) is 9.69 Å². The molecule has 2 aromatic heterocycles. The Morgan fingerprint density at radius 3 is 2.37 bits per heavy atom. The lowest BCUT2D eigenvalue weighted by Gasteiger charge is -2.39. The summed E-state index contributed by atoms with van der Waals surface area (Å²) in [5.74, 6) is -0.977. The Hall–Kier alpha value is -5.87. The zero-order valence-electron chi connectivity index (χ0n) is 39.2. The first-order valence-electron chi connectivity index (χ1n) is 23.3. The summed E-state index contributed by atoms with van der Waals surface area (Å²) in [5, 5.41) is 15.5. The van der Waals surface area contributed by atoms with Crippen molar-refractivity contribution < 1.29 is 49.4 Å². The van der Waals surface area contributed by atoms with Crippen LogP contribution in [0.25, 0.3) is 16.6 Å². The van der Waals surface area contributed by atoms with Crippen molar-refractivity contribution in [3.05, 3.63) is 107 Å². The Morgan fingerprint density at radius 2 is 1.66 bits per heavy atom. The molecule has 5 aromatic rings. The molecule has 0 spiro atoms. The van der Waals surface area contributed by atoms with Crippen molar-refractivity contribution in [1.29, 1.82) is 0 Å². The van der Waals surface area contributed by atoms with Gasteiger partial charge in [0.25, 0.3) is 25.8 Å². The summed E-state index contributed by atoms with van der Waals surface area (Å²) in [5.41, 5.74) is -1.09. The number of carboxylic acid groups (broad SMARTS) is 1. The van der Waals surface area contributed by atoms with Crippen molar-refractivity contribution in [2.45, 2.75) is 73.7 Å². The number of aromatic amines is 1. The fourth-order valence-electron chi connectivity index (χ4n) is 9.38. The number of hydrogen-bond donors (Lipinski definition) is 5. The number of amides is 2. The van der Waals surface area contributed by atoms with Crippen molar-refractivity contribution in [3.63, 3.8) is 0 Å². The van der Waals surface area contributed by atoms with Crippen LogP contribution in [0, 0.1) is 5.41 Å². The summed E-state index contributed by atoms with van der Waals surface area (Å²) in [4.78, 5) is 36.7. The number of H-pyrrole nitrogens is 1. The fourth-order valence-corrected chi connectivity index (χ4v) is 11.5. The number of anilines is 2. The molecule has 380 valence electrons. The highest BCUT2D eigenvalue weighted by atomic mass is 35.5. The van der Waals surface area contributed by atoms with Crippen molar-refractivity contribution in [2.24, 2.45) is 5.41 Å². The molecule has 1 aliphatic carbocycles. The number of rotatable bonds is 16. The summed E-state index contributed by atoms with van der Waals surface area (Å²) in [6.45, 7) is 9.82. The number of piperazine rings is 1. The minimum absolute atomic E-state index is 0.0281. The number of sulfone groups is 1. The first kappa shape index (κ1) is 51.5. The maximum absolute atomic E-state index is 14.1. The smallest absolute Gasteiger partial charge is 0.465 e. The van der Waals surface area contributed by atoms with E-state index in [9.17, 15) is 39.6 Å². The normalized spacial score (nSPS) is 17.6. The molecule has 71 heavy (non-hydrogen) atoms. The van der Waals surface area contributed by atoms with Crippen LogP contribution in [0.5, 0.6) is 11.5 Å². The van der Waals surface area contributed by atoms with E-state index in [4.69, 9.17) is 21.4 Å². The summed E-state index contributed by atoms with van der Waals surface area (Å²) in [7, 11) is -11.1. The lowest BCUT2D eigenvalue weighted by Crippen LogP contribution is -2.47. The van der Waals surface area contributed by atoms with E-state index < -0.39 is 52.8 Å². The second kappa shape index (κ2) is 21.1. The number of fused-ring (bicyclic) bond motifs is 1. The molecule has 16 nitrogen and oxygen atoms in total. The van der Waals surface area contributed by atoms with Gasteiger partial charge in [-0.25, -0.2) is 31.3 Å². The molecule has 0 unspecified atom stereocenters. The van der Waals surface area contributed by atoms with Gasteiger partial charge < -0.3 is 35.3 Å². The monoisotopic (exact) mass is 1040 g/mol. The summed E-state index contributed by atoms with van der Waals surface area (Å²) >= 11 is 6.23. The number of benzene rings is 3. The SMILES string of the molecule is CC1(C)CCC(CN2CCN(c3ccc(C(=O)NS(=O)(=O)c4ccc(NCCCN5CCC(NC(=O)O)CC5)c(S(=O)(=O)C(F)(F)F)c4)c(Oc4cnc5[nH]ccc5c4)c3)CC2)=C(c2ccc(Cl)cc2)C1. The number of ether oxygens (including phenoxy) is 1. The Kier molecular flexibility index (Phi) is 15.3. The zero-order chi connectivity index (χ0) is 50.7. The Labute approximate surface area is 415 Å². The first-order chi connectivity index (χ1) is 33.6. The largest absolute Gasteiger partial charge is 0.501 e. The van der Waals surface area contributed by atoms with Gasteiger partial charge in [0, 0.05) is 86.8 Å². The lowest BCUT2D eigenvalue weighted by atomic mass is 9.72. The number of nitrogens with one attached hydrogen (secondary N) is 4. The van der Waals surface area contributed by atoms with Crippen LogP contribution in [0.3, 0.4) is 0 Å². The molecule has 4 heterocycles. The molecule has 2 amide bonds. The number of carbonyl (C=O) groups excluding carboxylic acids is 1. The molecule has 8 rings (SSSR count). The van der Waals surface area contributed by atoms with E-state index in [-0.39, 0.29) is 35.1 Å². The summed E-state index contributed by atoms with van der Waals surface area (Å²) in [6, 6.07) is 18.2. The molecule has 5 N–H and O–H groups in total. The van der Waals surface area contributed by atoms with Gasteiger partial charge in [0.2, 0.25) is 0 Å². The maximum atomic E-state index is 14.1. The van der Waals surface area contributed by atoms with E-state index in [0.29, 0.717) is 79.8 Å². The highest BCUT2D eigenvalue weighted by molar-refractivity contribution is 7.92. The highest BCUT2D eigenvalue weighted by Crippen LogP contribution is 2.44. The number of alkyl halides is 3. The minimum Gasteiger partial charge on any atom is -0.465 e. The first-order valence-corrected chi connectivity index (χ1v) is 26.7. The number of pyridine rings is 1. The molecule has 0 atom stereocenters. The lowest BCUT2D eigenvalue weighted by molar-refractivity contribution is -0.0436. The average Bonchev–Trinajstić information content (AvgIpc) is 3.79. The van der Waals surface area contributed by atoms with Gasteiger partial charge in [-0.15, -0.1) is 0 Å². The van der Waals surface area contributed by atoms with Crippen LogP contribution in [0.4, 0.5) is 29.3 Å². The maximum Gasteiger partial charge on any atom is 0.501 e. The Morgan fingerprint density at radius 1 is 0.930 bits per heavy atom. The number of halogens is 4. The number of carbonyl (C=O) groups is 2. The molecular formula is C49H56ClF3N8O8S2. The van der Waals surface area contributed by atoms with Crippen LogP contribution >= 0.6 is 11.6 Å².